The second kappa shape index (κ2) is 20.3. The molecule has 0 aliphatic carbocycles. The number of amides is 6. The molecule has 0 saturated heterocycles. The molecule has 54 heavy (non-hydrogen) atoms. The molecule has 4 aromatic carbocycles. The van der Waals surface area contributed by atoms with E-state index in [4.69, 9.17) is 0 Å². The zero-order chi connectivity index (χ0) is 39.0. The van der Waals surface area contributed by atoms with Crippen LogP contribution in [0.3, 0.4) is 0 Å². The molecule has 4 aromatic rings. The summed E-state index contributed by atoms with van der Waals surface area (Å²) >= 11 is 0. The number of urea groups is 1. The Morgan fingerprint density at radius 2 is 1.17 bits per heavy atom. The molecule has 12 heteroatoms. The predicted molar refractivity (Wildman–Crippen MR) is 212 cm³/mol. The molecular formula is C42H51N7O5. The largest absolute Gasteiger partial charge is 0.355 e. The van der Waals surface area contributed by atoms with Crippen LogP contribution in [0.25, 0.3) is 0 Å². The summed E-state index contributed by atoms with van der Waals surface area (Å²) in [6, 6.07) is 29.7. The van der Waals surface area contributed by atoms with E-state index in [2.05, 4.69) is 37.2 Å². The molecule has 0 saturated carbocycles. The van der Waals surface area contributed by atoms with Crippen molar-refractivity contribution >= 4 is 41.0 Å². The van der Waals surface area contributed by atoms with Gasteiger partial charge in [-0.15, -0.1) is 0 Å². The van der Waals surface area contributed by atoms with Gasteiger partial charge in [-0.25, -0.2) is 4.79 Å². The van der Waals surface area contributed by atoms with Crippen molar-refractivity contribution in [3.63, 3.8) is 0 Å². The lowest BCUT2D eigenvalue weighted by Crippen LogP contribution is -2.55. The molecule has 7 N–H and O–H groups in total. The first-order valence-corrected chi connectivity index (χ1v) is 18.2. The lowest BCUT2D eigenvalue weighted by molar-refractivity contribution is -0.130. The van der Waals surface area contributed by atoms with Gasteiger partial charge in [0.25, 0.3) is 11.8 Å². The SMILES string of the molecule is CCNC(=O)[C@@H](NC(=O)[C@H](C)NC[C@H](Cc1ccccc1)NC(=O)c1cc(NC(=O)Nc2ccccc2)cc(C(=O)N[C@H](C)c2ccccc2)c1)C(C)C. The van der Waals surface area contributed by atoms with E-state index in [0.29, 0.717) is 18.7 Å². The second-order valence-corrected chi connectivity index (χ2v) is 13.5. The molecule has 0 spiro atoms. The van der Waals surface area contributed by atoms with Crippen LogP contribution in [0.15, 0.2) is 109 Å². The van der Waals surface area contributed by atoms with E-state index in [1.54, 1.807) is 31.2 Å². The van der Waals surface area contributed by atoms with Crippen LogP contribution in [0, 0.1) is 5.92 Å². The molecule has 4 rings (SSSR count). The number of hydrogen-bond donors (Lipinski definition) is 7. The quantitative estimate of drug-likeness (QED) is 0.0765. The molecule has 4 atom stereocenters. The van der Waals surface area contributed by atoms with Crippen LogP contribution in [0.4, 0.5) is 16.2 Å². The Bertz CT molecular complexity index is 1860. The van der Waals surface area contributed by atoms with Crippen LogP contribution in [-0.2, 0) is 16.0 Å². The smallest absolute Gasteiger partial charge is 0.323 e. The number of rotatable bonds is 17. The van der Waals surface area contributed by atoms with E-state index in [9.17, 15) is 24.0 Å². The molecule has 0 heterocycles. The summed E-state index contributed by atoms with van der Waals surface area (Å²) in [6.45, 7) is 9.77. The fraction of sp³-hybridized carbons (Fsp3) is 0.310. The molecule has 0 unspecified atom stereocenters. The zero-order valence-corrected chi connectivity index (χ0v) is 31.4. The van der Waals surface area contributed by atoms with E-state index in [1.807, 2.05) is 94.4 Å². The monoisotopic (exact) mass is 733 g/mol. The van der Waals surface area contributed by atoms with Gasteiger partial charge in [0.15, 0.2) is 0 Å². The van der Waals surface area contributed by atoms with E-state index in [1.165, 1.54) is 18.2 Å². The highest BCUT2D eigenvalue weighted by Gasteiger charge is 2.27. The van der Waals surface area contributed by atoms with Crippen LogP contribution in [0.5, 0.6) is 0 Å². The van der Waals surface area contributed by atoms with Crippen molar-refractivity contribution < 1.29 is 24.0 Å². The summed E-state index contributed by atoms with van der Waals surface area (Å²) in [5.41, 5.74) is 3.00. The first kappa shape index (κ1) is 40.8. The molecule has 0 aliphatic rings. The highest BCUT2D eigenvalue weighted by Crippen LogP contribution is 2.19. The van der Waals surface area contributed by atoms with Gasteiger partial charge in [0.05, 0.1) is 12.1 Å². The average molecular weight is 734 g/mol. The topological polar surface area (TPSA) is 170 Å². The number of likely N-dealkylation sites (N-methyl/N-ethyl adjacent to an activating group) is 1. The third-order valence-corrected chi connectivity index (χ3v) is 8.72. The number of anilines is 2. The minimum atomic E-state index is -0.695. The van der Waals surface area contributed by atoms with E-state index in [0.717, 1.165) is 11.1 Å². The minimum absolute atomic E-state index is 0.124. The molecule has 6 amide bonds. The molecule has 0 aliphatic heterocycles. The number of para-hydroxylation sites is 1. The maximum atomic E-state index is 14.0. The van der Waals surface area contributed by atoms with E-state index >= 15 is 0 Å². The second-order valence-electron chi connectivity index (χ2n) is 13.5. The number of benzene rings is 4. The van der Waals surface area contributed by atoms with Crippen LogP contribution in [-0.4, -0.2) is 60.9 Å². The number of nitrogens with one attached hydrogen (secondary N) is 7. The van der Waals surface area contributed by atoms with Gasteiger partial charge in [-0.2, -0.15) is 0 Å². The Balaban J connectivity index is 1.55. The molecule has 0 fully saturated rings. The standard InChI is InChI=1S/C42H51N7O5/c1-6-43-41(53)37(27(2)3)49-38(50)29(5)44-26-36(22-30-16-10-7-11-17-30)46-40(52)33-23-32(39(51)45-28(4)31-18-12-8-13-19-31)24-35(25-33)48-42(54)47-34-20-14-9-15-21-34/h7-21,23-25,27-29,36-37,44H,6,22,26H2,1-5H3,(H,43,53)(H,45,51)(H,46,52)(H,49,50)(H2,47,48,54)/t28-,29+,36+,37+/m1/s1. The summed E-state index contributed by atoms with van der Waals surface area (Å²) in [5.74, 6) is -1.64. The summed E-state index contributed by atoms with van der Waals surface area (Å²) in [7, 11) is 0. The van der Waals surface area contributed by atoms with Gasteiger partial charge in [0, 0.05) is 41.6 Å². The van der Waals surface area contributed by atoms with Gasteiger partial charge in [-0.05, 0) is 74.6 Å². The maximum Gasteiger partial charge on any atom is 0.323 e. The van der Waals surface area contributed by atoms with E-state index < -0.39 is 36.0 Å². The molecule has 0 bridgehead atoms. The highest BCUT2D eigenvalue weighted by atomic mass is 16.2. The first-order valence-electron chi connectivity index (χ1n) is 18.2. The van der Waals surface area contributed by atoms with Crippen LogP contribution in [0.2, 0.25) is 0 Å². The maximum absolute atomic E-state index is 14.0. The van der Waals surface area contributed by atoms with Crippen LogP contribution >= 0.6 is 0 Å². The van der Waals surface area contributed by atoms with Crippen LogP contribution < -0.4 is 37.2 Å². The number of carbonyl (C=O) groups excluding carboxylic acids is 5. The molecule has 0 aromatic heterocycles. The van der Waals surface area contributed by atoms with Gasteiger partial charge >= 0.3 is 6.03 Å². The zero-order valence-electron chi connectivity index (χ0n) is 31.4. The van der Waals surface area contributed by atoms with Crippen molar-refractivity contribution in [2.75, 3.05) is 23.7 Å². The fourth-order valence-corrected chi connectivity index (χ4v) is 5.73. The summed E-state index contributed by atoms with van der Waals surface area (Å²) in [5, 5.41) is 20.4. The number of hydrogen-bond acceptors (Lipinski definition) is 6. The molecule has 284 valence electrons. The lowest BCUT2D eigenvalue weighted by Gasteiger charge is -2.25. The highest BCUT2D eigenvalue weighted by molar-refractivity contribution is 6.04. The van der Waals surface area contributed by atoms with Gasteiger partial charge in [0.1, 0.15) is 6.04 Å². The Labute approximate surface area is 317 Å². The van der Waals surface area contributed by atoms with Crippen molar-refractivity contribution in [1.29, 1.82) is 0 Å². The van der Waals surface area contributed by atoms with Crippen molar-refractivity contribution in [3.05, 3.63) is 131 Å². The normalized spacial score (nSPS) is 13.1. The molecule has 12 nitrogen and oxygen atoms in total. The van der Waals surface area contributed by atoms with Crippen molar-refractivity contribution in [1.82, 2.24) is 26.6 Å². The fourth-order valence-electron chi connectivity index (χ4n) is 5.73. The average Bonchev–Trinajstić information content (AvgIpc) is 3.16. The first-order chi connectivity index (χ1) is 25.9. The van der Waals surface area contributed by atoms with Crippen molar-refractivity contribution in [2.45, 2.75) is 65.2 Å². The van der Waals surface area contributed by atoms with Crippen molar-refractivity contribution in [2.24, 2.45) is 5.92 Å². The summed E-state index contributed by atoms with van der Waals surface area (Å²) in [6.07, 6.45) is 0.431. The Kier molecular flexibility index (Phi) is 15.3. The van der Waals surface area contributed by atoms with E-state index in [-0.39, 0.29) is 47.1 Å². The minimum Gasteiger partial charge on any atom is -0.355 e. The van der Waals surface area contributed by atoms with Gasteiger partial charge in [-0.1, -0.05) is 92.7 Å². The Morgan fingerprint density at radius 1 is 0.611 bits per heavy atom. The molecular weight excluding hydrogens is 683 g/mol. The third-order valence-electron chi connectivity index (χ3n) is 8.72. The van der Waals surface area contributed by atoms with Gasteiger partial charge < -0.3 is 37.2 Å². The number of carbonyl (C=O) groups is 5. The van der Waals surface area contributed by atoms with Crippen LogP contribution in [0.1, 0.15) is 72.5 Å². The third kappa shape index (κ3) is 12.6. The Morgan fingerprint density at radius 3 is 1.76 bits per heavy atom. The lowest BCUT2D eigenvalue weighted by atomic mass is 10.0. The summed E-state index contributed by atoms with van der Waals surface area (Å²) in [4.78, 5) is 66.3. The molecule has 0 radical (unpaired) electrons. The summed E-state index contributed by atoms with van der Waals surface area (Å²) < 4.78 is 0. The van der Waals surface area contributed by atoms with Gasteiger partial charge in [0.2, 0.25) is 11.8 Å². The Hall–Kier alpha value is -6.01. The van der Waals surface area contributed by atoms with Crippen molar-refractivity contribution in [3.8, 4) is 0 Å². The van der Waals surface area contributed by atoms with Gasteiger partial charge in [-0.3, -0.25) is 19.2 Å². The predicted octanol–water partition coefficient (Wildman–Crippen LogP) is 5.42.